The normalized spacial score (nSPS) is 33.8. The van der Waals surface area contributed by atoms with Gasteiger partial charge in [0.15, 0.2) is 0 Å². The van der Waals surface area contributed by atoms with E-state index in [0.717, 1.165) is 12.3 Å². The van der Waals surface area contributed by atoms with Gasteiger partial charge in [-0.25, -0.2) is 0 Å². The molecule has 2 fully saturated rings. The Balaban J connectivity index is 1.50. The average molecular weight is 268 g/mol. The first-order valence-corrected chi connectivity index (χ1v) is 8.07. The minimum atomic E-state index is 0.252. The van der Waals surface area contributed by atoms with Gasteiger partial charge < -0.3 is 5.32 Å². The fraction of sp³-hybridized carbons (Fsp3) is 0.611. The molecule has 0 spiro atoms. The first kappa shape index (κ1) is 13.6. The average Bonchev–Trinajstić information content (AvgIpc) is 2.96. The maximum atomic E-state index is 9.17. The number of nitriles is 1. The van der Waals surface area contributed by atoms with Crippen molar-refractivity contribution in [1.29, 1.82) is 5.26 Å². The van der Waals surface area contributed by atoms with Crippen molar-refractivity contribution < 1.29 is 0 Å². The zero-order valence-corrected chi connectivity index (χ0v) is 12.1. The van der Waals surface area contributed by atoms with E-state index in [-0.39, 0.29) is 5.92 Å². The van der Waals surface area contributed by atoms with Gasteiger partial charge in [0.25, 0.3) is 0 Å². The van der Waals surface area contributed by atoms with E-state index >= 15 is 0 Å². The first-order valence-electron chi connectivity index (χ1n) is 8.07. The van der Waals surface area contributed by atoms with Gasteiger partial charge in [-0.2, -0.15) is 5.26 Å². The molecule has 2 heteroatoms. The van der Waals surface area contributed by atoms with E-state index in [9.17, 15) is 0 Å². The first-order chi connectivity index (χ1) is 9.86. The van der Waals surface area contributed by atoms with Crippen LogP contribution in [0.2, 0.25) is 0 Å². The van der Waals surface area contributed by atoms with Gasteiger partial charge in [0.2, 0.25) is 0 Å². The monoisotopic (exact) mass is 268 g/mol. The topological polar surface area (TPSA) is 35.8 Å². The fourth-order valence-corrected chi connectivity index (χ4v) is 3.94. The lowest BCUT2D eigenvalue weighted by atomic mass is 9.81. The molecule has 0 aliphatic heterocycles. The van der Waals surface area contributed by atoms with E-state index in [1.165, 1.54) is 44.1 Å². The lowest BCUT2D eigenvalue weighted by molar-refractivity contribution is 0.301. The molecular formula is C18H24N2. The van der Waals surface area contributed by atoms with Crippen LogP contribution in [0.4, 0.5) is 0 Å². The van der Waals surface area contributed by atoms with Crippen LogP contribution < -0.4 is 5.32 Å². The second-order valence-electron chi connectivity index (χ2n) is 6.40. The van der Waals surface area contributed by atoms with Crippen molar-refractivity contribution in [2.24, 2.45) is 5.92 Å². The van der Waals surface area contributed by atoms with Crippen molar-refractivity contribution in [2.75, 3.05) is 0 Å². The van der Waals surface area contributed by atoms with Gasteiger partial charge in [-0.05, 0) is 50.0 Å². The molecular weight excluding hydrogens is 244 g/mol. The van der Waals surface area contributed by atoms with E-state index in [2.05, 4.69) is 41.7 Å². The molecule has 2 saturated carbocycles. The summed E-state index contributed by atoms with van der Waals surface area (Å²) in [7, 11) is 0. The van der Waals surface area contributed by atoms with Crippen molar-refractivity contribution in [3.05, 3.63) is 35.9 Å². The summed E-state index contributed by atoms with van der Waals surface area (Å²) in [6.45, 7) is 0. The summed E-state index contributed by atoms with van der Waals surface area (Å²) in [4.78, 5) is 0. The minimum absolute atomic E-state index is 0.252. The van der Waals surface area contributed by atoms with Crippen LogP contribution in [-0.2, 0) is 0 Å². The quantitative estimate of drug-likeness (QED) is 0.899. The largest absolute Gasteiger partial charge is 0.310 e. The highest BCUT2D eigenvalue weighted by Gasteiger charge is 2.30. The minimum Gasteiger partial charge on any atom is -0.310 e. The van der Waals surface area contributed by atoms with E-state index in [4.69, 9.17) is 5.26 Å². The van der Waals surface area contributed by atoms with Crippen LogP contribution in [0.1, 0.15) is 56.4 Å². The molecule has 20 heavy (non-hydrogen) atoms. The number of nitrogens with zero attached hydrogens (tertiary/aromatic N) is 1. The second kappa shape index (κ2) is 6.41. The highest BCUT2D eigenvalue weighted by molar-refractivity contribution is 5.20. The number of nitrogens with one attached hydrogen (secondary N) is 1. The van der Waals surface area contributed by atoms with Crippen LogP contribution in [0.5, 0.6) is 0 Å². The van der Waals surface area contributed by atoms with Gasteiger partial charge in [-0.3, -0.25) is 0 Å². The van der Waals surface area contributed by atoms with E-state index in [0.29, 0.717) is 12.1 Å². The highest BCUT2D eigenvalue weighted by Crippen LogP contribution is 2.34. The fourth-order valence-electron chi connectivity index (χ4n) is 3.94. The molecule has 1 N–H and O–H groups in total. The van der Waals surface area contributed by atoms with Gasteiger partial charge in [0.1, 0.15) is 0 Å². The maximum absolute atomic E-state index is 9.17. The van der Waals surface area contributed by atoms with Gasteiger partial charge >= 0.3 is 0 Å². The van der Waals surface area contributed by atoms with E-state index < -0.39 is 0 Å². The third-order valence-electron chi connectivity index (χ3n) is 5.13. The Morgan fingerprint density at radius 3 is 2.40 bits per heavy atom. The molecule has 2 nitrogen and oxygen atoms in total. The Morgan fingerprint density at radius 2 is 1.70 bits per heavy atom. The van der Waals surface area contributed by atoms with Gasteiger partial charge in [-0.1, -0.05) is 36.8 Å². The molecule has 0 bridgehead atoms. The third-order valence-corrected chi connectivity index (χ3v) is 5.13. The summed E-state index contributed by atoms with van der Waals surface area (Å²) in [6.07, 6.45) is 8.58. The summed E-state index contributed by atoms with van der Waals surface area (Å²) in [6, 6.07) is 14.5. The molecule has 2 aliphatic rings. The summed E-state index contributed by atoms with van der Waals surface area (Å²) in [5, 5.41) is 12.9. The number of hydrogen-bond acceptors (Lipinski definition) is 2. The van der Waals surface area contributed by atoms with Crippen molar-refractivity contribution in [2.45, 2.75) is 62.9 Å². The second-order valence-corrected chi connectivity index (χ2v) is 6.40. The van der Waals surface area contributed by atoms with Crippen LogP contribution in [0.25, 0.3) is 0 Å². The maximum Gasteiger partial charge on any atom is 0.0672 e. The molecule has 0 saturated heterocycles. The van der Waals surface area contributed by atoms with Gasteiger partial charge in [0, 0.05) is 12.1 Å². The summed E-state index contributed by atoms with van der Waals surface area (Å²) in [5.41, 5.74) is 1.50. The van der Waals surface area contributed by atoms with Crippen molar-refractivity contribution in [1.82, 2.24) is 5.32 Å². The summed E-state index contributed by atoms with van der Waals surface area (Å²) >= 11 is 0. The molecule has 1 aromatic carbocycles. The highest BCUT2D eigenvalue weighted by atomic mass is 15.0. The predicted octanol–water partition coefficient (Wildman–Crippen LogP) is 3.99. The molecule has 1 aromatic rings. The summed E-state index contributed by atoms with van der Waals surface area (Å²) < 4.78 is 0. The zero-order valence-electron chi connectivity index (χ0n) is 12.1. The zero-order chi connectivity index (χ0) is 13.8. The van der Waals surface area contributed by atoms with Crippen LogP contribution in [-0.4, -0.2) is 12.1 Å². The van der Waals surface area contributed by atoms with Crippen molar-refractivity contribution >= 4 is 0 Å². The van der Waals surface area contributed by atoms with Crippen LogP contribution >= 0.6 is 0 Å². The van der Waals surface area contributed by atoms with Crippen LogP contribution in [0, 0.1) is 17.2 Å². The Kier molecular flexibility index (Phi) is 4.38. The molecule has 2 atom stereocenters. The molecule has 0 radical (unpaired) electrons. The molecule has 0 heterocycles. The molecule has 0 amide bonds. The Bertz CT molecular complexity index is 454. The number of hydrogen-bond donors (Lipinski definition) is 1. The molecule has 106 valence electrons. The molecule has 0 aromatic heterocycles. The van der Waals surface area contributed by atoms with Crippen LogP contribution in [0.3, 0.4) is 0 Å². The van der Waals surface area contributed by atoms with Crippen LogP contribution in [0.15, 0.2) is 30.3 Å². The molecule has 2 aliphatic carbocycles. The lowest BCUT2D eigenvalue weighted by Crippen LogP contribution is -2.41. The number of rotatable bonds is 3. The third kappa shape index (κ3) is 3.04. The predicted molar refractivity (Wildman–Crippen MR) is 81.3 cm³/mol. The molecule has 2 unspecified atom stereocenters. The van der Waals surface area contributed by atoms with E-state index in [1.807, 2.05) is 0 Å². The van der Waals surface area contributed by atoms with Gasteiger partial charge in [-0.15, -0.1) is 0 Å². The van der Waals surface area contributed by atoms with Crippen molar-refractivity contribution in [3.8, 4) is 6.07 Å². The van der Waals surface area contributed by atoms with Gasteiger partial charge in [0.05, 0.1) is 12.0 Å². The number of benzene rings is 1. The van der Waals surface area contributed by atoms with E-state index in [1.54, 1.807) is 0 Å². The standard InChI is InChI=1S/C18H24N2/c19-13-16-7-4-8-18(16)20-17-11-9-15(10-12-17)14-5-2-1-3-6-14/h1-3,5-6,15-18,20H,4,7-12H2. The Labute approximate surface area is 122 Å². The SMILES string of the molecule is N#CC1CCCC1NC1CCC(c2ccccc2)CC1. The summed E-state index contributed by atoms with van der Waals surface area (Å²) in [5.74, 6) is 0.992. The lowest BCUT2D eigenvalue weighted by Gasteiger charge is -2.32. The molecule has 3 rings (SSSR count). The van der Waals surface area contributed by atoms with Crippen molar-refractivity contribution in [3.63, 3.8) is 0 Å². The Hall–Kier alpha value is -1.33. The Morgan fingerprint density at radius 1 is 0.950 bits per heavy atom. The smallest absolute Gasteiger partial charge is 0.0672 e.